The van der Waals surface area contributed by atoms with E-state index in [0.717, 1.165) is 17.8 Å². The van der Waals surface area contributed by atoms with Crippen LogP contribution in [0, 0.1) is 17.8 Å². The Balaban J connectivity index is 3.73. The Kier molecular flexibility index (Phi) is 7.41. The van der Waals surface area contributed by atoms with Crippen LogP contribution in [0.15, 0.2) is 0 Å². The van der Waals surface area contributed by atoms with Crippen molar-refractivity contribution in [3.63, 3.8) is 0 Å². The molecule has 0 spiro atoms. The molecule has 0 atom stereocenters. The number of unbranched alkanes of at least 4 members (excludes halogenated alkanes) is 1. The molecule has 0 aromatic heterocycles. The Morgan fingerprint density at radius 1 is 0.846 bits per heavy atom. The van der Waals surface area contributed by atoms with Gasteiger partial charge < -0.3 is 0 Å². The molecule has 0 radical (unpaired) electrons. The molecule has 0 aliphatic carbocycles. The summed E-state index contributed by atoms with van der Waals surface area (Å²) in [4.78, 5) is 0. The first-order valence-electron chi connectivity index (χ1n) is 6.06. The fourth-order valence-electron chi connectivity index (χ4n) is 2.16. The Hall–Kier alpha value is 0. The average molecular weight is 184 g/mol. The SMILES string of the molecule is CCCCC(CC(C)C)CC(C)C. The van der Waals surface area contributed by atoms with Crippen LogP contribution >= 0.6 is 0 Å². The minimum Gasteiger partial charge on any atom is -0.0654 e. The fourth-order valence-corrected chi connectivity index (χ4v) is 2.16. The summed E-state index contributed by atoms with van der Waals surface area (Å²) in [6.45, 7) is 11.7. The Morgan fingerprint density at radius 2 is 1.31 bits per heavy atom. The molecule has 0 heteroatoms. The van der Waals surface area contributed by atoms with Gasteiger partial charge >= 0.3 is 0 Å². The van der Waals surface area contributed by atoms with Crippen molar-refractivity contribution in [2.24, 2.45) is 17.8 Å². The van der Waals surface area contributed by atoms with Crippen molar-refractivity contribution in [1.82, 2.24) is 0 Å². The lowest BCUT2D eigenvalue weighted by Gasteiger charge is -2.20. The van der Waals surface area contributed by atoms with Gasteiger partial charge in [-0.3, -0.25) is 0 Å². The molecule has 0 aliphatic heterocycles. The second-order valence-electron chi connectivity index (χ2n) is 5.27. The predicted octanol–water partition coefficient (Wildman–Crippen LogP) is 4.89. The molecule has 0 N–H and O–H groups in total. The largest absolute Gasteiger partial charge is 0.0654 e. The zero-order chi connectivity index (χ0) is 10.3. The fraction of sp³-hybridized carbons (Fsp3) is 1.00. The van der Waals surface area contributed by atoms with Gasteiger partial charge in [-0.1, -0.05) is 53.9 Å². The number of hydrogen-bond acceptors (Lipinski definition) is 0. The van der Waals surface area contributed by atoms with Gasteiger partial charge in [-0.15, -0.1) is 0 Å². The number of rotatable bonds is 7. The van der Waals surface area contributed by atoms with Crippen molar-refractivity contribution in [2.45, 2.75) is 66.7 Å². The molecule has 0 heterocycles. The lowest BCUT2D eigenvalue weighted by Crippen LogP contribution is -2.08. The molecule has 0 fully saturated rings. The minimum atomic E-state index is 0.876. The molecule has 13 heavy (non-hydrogen) atoms. The van der Waals surface area contributed by atoms with E-state index in [1.165, 1.54) is 32.1 Å². The van der Waals surface area contributed by atoms with Gasteiger partial charge in [-0.2, -0.15) is 0 Å². The topological polar surface area (TPSA) is 0 Å². The van der Waals surface area contributed by atoms with E-state index in [0.29, 0.717) is 0 Å². The van der Waals surface area contributed by atoms with Crippen molar-refractivity contribution in [2.75, 3.05) is 0 Å². The van der Waals surface area contributed by atoms with Crippen molar-refractivity contribution in [1.29, 1.82) is 0 Å². The Labute approximate surface area is 85.1 Å². The first-order valence-corrected chi connectivity index (χ1v) is 6.06. The summed E-state index contributed by atoms with van der Waals surface area (Å²) in [7, 11) is 0. The average Bonchev–Trinajstić information content (AvgIpc) is 1.98. The molecule has 0 aromatic rings. The molecule has 0 saturated carbocycles. The summed E-state index contributed by atoms with van der Waals surface area (Å²) in [5.41, 5.74) is 0. The lowest BCUT2D eigenvalue weighted by molar-refractivity contribution is 0.318. The van der Waals surface area contributed by atoms with Crippen LogP contribution in [0.1, 0.15) is 66.7 Å². The lowest BCUT2D eigenvalue weighted by atomic mass is 9.86. The van der Waals surface area contributed by atoms with Gasteiger partial charge in [0.2, 0.25) is 0 Å². The maximum Gasteiger partial charge on any atom is -0.0409 e. The van der Waals surface area contributed by atoms with Crippen LogP contribution in [-0.2, 0) is 0 Å². The summed E-state index contributed by atoms with van der Waals surface area (Å²) in [6, 6.07) is 0. The third-order valence-corrected chi connectivity index (χ3v) is 2.58. The van der Waals surface area contributed by atoms with Crippen LogP contribution in [0.4, 0.5) is 0 Å². The second-order valence-corrected chi connectivity index (χ2v) is 5.27. The van der Waals surface area contributed by atoms with Gasteiger partial charge in [0.1, 0.15) is 0 Å². The van der Waals surface area contributed by atoms with Gasteiger partial charge in [-0.05, 0) is 30.6 Å². The molecule has 0 aromatic carbocycles. The first kappa shape index (κ1) is 13.0. The molecule has 0 unspecified atom stereocenters. The van der Waals surface area contributed by atoms with Crippen LogP contribution < -0.4 is 0 Å². The van der Waals surface area contributed by atoms with Crippen LogP contribution in [0.2, 0.25) is 0 Å². The van der Waals surface area contributed by atoms with E-state index >= 15 is 0 Å². The summed E-state index contributed by atoms with van der Waals surface area (Å²) >= 11 is 0. The number of hydrogen-bond donors (Lipinski definition) is 0. The predicted molar refractivity (Wildman–Crippen MR) is 61.9 cm³/mol. The highest BCUT2D eigenvalue weighted by molar-refractivity contribution is 4.63. The third-order valence-electron chi connectivity index (χ3n) is 2.58. The zero-order valence-electron chi connectivity index (χ0n) is 10.3. The zero-order valence-corrected chi connectivity index (χ0v) is 10.3. The van der Waals surface area contributed by atoms with Gasteiger partial charge in [0.25, 0.3) is 0 Å². The van der Waals surface area contributed by atoms with E-state index in [1.54, 1.807) is 0 Å². The van der Waals surface area contributed by atoms with Crippen LogP contribution in [0.5, 0.6) is 0 Å². The molecular weight excluding hydrogens is 156 g/mol. The highest BCUT2D eigenvalue weighted by atomic mass is 14.2. The maximum absolute atomic E-state index is 2.35. The normalized spacial score (nSPS) is 12.0. The summed E-state index contributed by atoms with van der Waals surface area (Å²) in [5, 5.41) is 0. The van der Waals surface area contributed by atoms with Crippen molar-refractivity contribution < 1.29 is 0 Å². The molecule has 0 nitrogen and oxygen atoms in total. The van der Waals surface area contributed by atoms with Gasteiger partial charge in [0.15, 0.2) is 0 Å². The molecule has 0 bridgehead atoms. The second kappa shape index (κ2) is 7.41. The monoisotopic (exact) mass is 184 g/mol. The highest BCUT2D eigenvalue weighted by Gasteiger charge is 2.11. The smallest absolute Gasteiger partial charge is 0.0409 e. The van der Waals surface area contributed by atoms with Crippen molar-refractivity contribution >= 4 is 0 Å². The van der Waals surface area contributed by atoms with E-state index in [9.17, 15) is 0 Å². The summed E-state index contributed by atoms with van der Waals surface area (Å²) in [6.07, 6.45) is 7.08. The molecule has 80 valence electrons. The van der Waals surface area contributed by atoms with E-state index in [1.807, 2.05) is 0 Å². The van der Waals surface area contributed by atoms with Crippen LogP contribution in [-0.4, -0.2) is 0 Å². The molecular formula is C13H28. The van der Waals surface area contributed by atoms with Gasteiger partial charge in [0, 0.05) is 0 Å². The summed E-state index contributed by atoms with van der Waals surface area (Å²) in [5.74, 6) is 2.74. The maximum atomic E-state index is 2.35. The first-order chi connectivity index (χ1) is 6.06. The highest BCUT2D eigenvalue weighted by Crippen LogP contribution is 2.24. The molecule has 0 rings (SSSR count). The van der Waals surface area contributed by atoms with E-state index in [4.69, 9.17) is 0 Å². The molecule has 0 saturated heterocycles. The van der Waals surface area contributed by atoms with Crippen molar-refractivity contribution in [3.8, 4) is 0 Å². The van der Waals surface area contributed by atoms with Gasteiger partial charge in [-0.25, -0.2) is 0 Å². The minimum absolute atomic E-state index is 0.876. The Bertz CT molecular complexity index is 92.6. The molecule has 0 aliphatic rings. The van der Waals surface area contributed by atoms with E-state index < -0.39 is 0 Å². The summed E-state index contributed by atoms with van der Waals surface area (Å²) < 4.78 is 0. The van der Waals surface area contributed by atoms with E-state index in [-0.39, 0.29) is 0 Å². The quantitative estimate of drug-likeness (QED) is 0.528. The van der Waals surface area contributed by atoms with Crippen LogP contribution in [0.3, 0.4) is 0 Å². The van der Waals surface area contributed by atoms with Crippen LogP contribution in [0.25, 0.3) is 0 Å². The Morgan fingerprint density at radius 3 is 1.62 bits per heavy atom. The van der Waals surface area contributed by atoms with Gasteiger partial charge in [0.05, 0.1) is 0 Å². The standard InChI is InChI=1S/C13H28/c1-6-7-8-13(9-11(2)3)10-12(4)5/h11-13H,6-10H2,1-5H3. The molecule has 0 amide bonds. The van der Waals surface area contributed by atoms with Crippen molar-refractivity contribution in [3.05, 3.63) is 0 Å². The van der Waals surface area contributed by atoms with E-state index in [2.05, 4.69) is 34.6 Å². The third kappa shape index (κ3) is 8.33.